The molecule has 10 nitrogen and oxygen atoms in total. The average molecular weight is 441 g/mol. The maximum atomic E-state index is 12.6. The third-order valence-electron chi connectivity index (χ3n) is 4.45. The van der Waals surface area contributed by atoms with E-state index >= 15 is 0 Å². The van der Waals surface area contributed by atoms with Gasteiger partial charge in [0.25, 0.3) is 5.91 Å². The number of sulfonamides is 1. The van der Waals surface area contributed by atoms with Gasteiger partial charge in [0.1, 0.15) is 4.90 Å². The molecule has 2 heterocycles. The Morgan fingerprint density at radius 3 is 2.40 bits per heavy atom. The Balaban J connectivity index is 1.85. The monoisotopic (exact) mass is 440 g/mol. The Morgan fingerprint density at radius 2 is 1.87 bits per heavy atom. The number of pyridine rings is 1. The number of urea groups is 1. The summed E-state index contributed by atoms with van der Waals surface area (Å²) >= 11 is 0. The summed E-state index contributed by atoms with van der Waals surface area (Å²) < 4.78 is 31.7. The third-order valence-corrected chi connectivity index (χ3v) is 6.33. The molecule has 1 fully saturated rings. The Bertz CT molecular complexity index is 874. The van der Waals surface area contributed by atoms with Crippen LogP contribution in [0, 0.1) is 5.92 Å². The minimum atomic E-state index is -3.67. The lowest BCUT2D eigenvalue weighted by Crippen LogP contribution is -2.51. The van der Waals surface area contributed by atoms with Gasteiger partial charge in [-0.3, -0.25) is 19.9 Å². The van der Waals surface area contributed by atoms with Gasteiger partial charge in [-0.2, -0.15) is 4.31 Å². The second-order valence-corrected chi connectivity index (χ2v) is 10.1. The maximum Gasteiger partial charge on any atom is 0.321 e. The molecule has 0 saturated carbocycles. The average Bonchev–Trinajstić information content (AvgIpc) is 2.67. The first kappa shape index (κ1) is 23.7. The molecule has 1 aliphatic heterocycles. The van der Waals surface area contributed by atoms with Crippen molar-refractivity contribution in [2.24, 2.45) is 5.92 Å². The normalized spacial score (nSPS) is 17.1. The Morgan fingerprint density at radius 1 is 1.23 bits per heavy atom. The van der Waals surface area contributed by atoms with E-state index in [0.29, 0.717) is 0 Å². The number of nitrogens with one attached hydrogen (secondary N) is 2. The van der Waals surface area contributed by atoms with Gasteiger partial charge in [0.15, 0.2) is 6.10 Å². The molecule has 3 amide bonds. The third kappa shape index (κ3) is 6.49. The Labute approximate surface area is 176 Å². The van der Waals surface area contributed by atoms with Crippen molar-refractivity contribution in [3.05, 3.63) is 24.5 Å². The van der Waals surface area contributed by atoms with E-state index in [2.05, 4.69) is 15.6 Å². The highest BCUT2D eigenvalue weighted by Crippen LogP contribution is 2.24. The number of hydrogen-bond donors (Lipinski definition) is 2. The highest BCUT2D eigenvalue weighted by Gasteiger charge is 2.34. The topological polar surface area (TPSA) is 135 Å². The Hall–Kier alpha value is -2.53. The van der Waals surface area contributed by atoms with Gasteiger partial charge in [-0.15, -0.1) is 0 Å². The van der Waals surface area contributed by atoms with Crippen molar-refractivity contribution in [2.45, 2.75) is 57.1 Å². The van der Waals surface area contributed by atoms with Crippen LogP contribution in [-0.4, -0.2) is 60.3 Å². The summed E-state index contributed by atoms with van der Waals surface area (Å²) in [5.41, 5.74) is -0.519. The fraction of sp³-hybridized carbons (Fsp3) is 0.579. The number of carbonyl (C=O) groups excluding carboxylic acids is 3. The molecule has 1 atom stereocenters. The van der Waals surface area contributed by atoms with E-state index in [1.807, 2.05) is 0 Å². The molecular formula is C19H28N4O6S. The largest absolute Gasteiger partial charge is 0.452 e. The van der Waals surface area contributed by atoms with Crippen molar-refractivity contribution < 1.29 is 27.5 Å². The number of piperidine rings is 1. The van der Waals surface area contributed by atoms with Crippen LogP contribution in [0.3, 0.4) is 0 Å². The van der Waals surface area contributed by atoms with Crippen molar-refractivity contribution in [1.82, 2.24) is 19.9 Å². The van der Waals surface area contributed by atoms with Gasteiger partial charge >= 0.3 is 12.0 Å². The van der Waals surface area contributed by atoms with Crippen molar-refractivity contribution in [2.75, 3.05) is 13.1 Å². The first-order chi connectivity index (χ1) is 13.9. The number of aromatic nitrogens is 1. The van der Waals surface area contributed by atoms with Crippen molar-refractivity contribution in [3.63, 3.8) is 0 Å². The molecule has 0 bridgehead atoms. The van der Waals surface area contributed by atoms with E-state index in [0.717, 1.165) is 0 Å². The molecule has 1 aromatic rings. The van der Waals surface area contributed by atoms with Crippen LogP contribution in [0.25, 0.3) is 0 Å². The van der Waals surface area contributed by atoms with Gasteiger partial charge < -0.3 is 10.1 Å². The van der Waals surface area contributed by atoms with E-state index in [4.69, 9.17) is 4.74 Å². The molecule has 166 valence electrons. The van der Waals surface area contributed by atoms with Gasteiger partial charge in [0.05, 0.1) is 5.92 Å². The lowest BCUT2D eigenvalue weighted by molar-refractivity contribution is -0.159. The van der Waals surface area contributed by atoms with E-state index in [1.165, 1.54) is 29.7 Å². The molecule has 2 N–H and O–H groups in total. The van der Waals surface area contributed by atoms with Gasteiger partial charge in [-0.25, -0.2) is 13.2 Å². The van der Waals surface area contributed by atoms with Crippen LogP contribution >= 0.6 is 0 Å². The highest BCUT2D eigenvalue weighted by molar-refractivity contribution is 7.89. The molecular weight excluding hydrogens is 412 g/mol. The number of esters is 1. The lowest BCUT2D eigenvalue weighted by Gasteiger charge is -2.30. The summed E-state index contributed by atoms with van der Waals surface area (Å²) in [7, 11) is -3.67. The fourth-order valence-corrected chi connectivity index (χ4v) is 4.32. The zero-order valence-corrected chi connectivity index (χ0v) is 18.4. The number of imide groups is 1. The van der Waals surface area contributed by atoms with Crippen LogP contribution in [0.1, 0.15) is 40.5 Å². The van der Waals surface area contributed by atoms with Crippen LogP contribution < -0.4 is 10.6 Å². The fourth-order valence-electron chi connectivity index (χ4n) is 2.89. The molecule has 1 aliphatic rings. The van der Waals surface area contributed by atoms with Crippen molar-refractivity contribution >= 4 is 27.9 Å². The van der Waals surface area contributed by atoms with Crippen LogP contribution in [0.4, 0.5) is 4.79 Å². The predicted molar refractivity (Wildman–Crippen MR) is 108 cm³/mol. The number of rotatable bonds is 5. The molecule has 0 radical (unpaired) electrons. The second kappa shape index (κ2) is 9.52. The van der Waals surface area contributed by atoms with Crippen LogP contribution in [0.15, 0.2) is 29.4 Å². The summed E-state index contributed by atoms with van der Waals surface area (Å²) in [5, 5.41) is 4.71. The zero-order valence-electron chi connectivity index (χ0n) is 17.5. The minimum Gasteiger partial charge on any atom is -0.452 e. The maximum absolute atomic E-state index is 12.6. The lowest BCUT2D eigenvalue weighted by atomic mass is 9.98. The number of ether oxygens (including phenoxy) is 1. The standard InChI is InChI=1S/C19H28N4O6S/c1-13(16(24)21-18(26)22-19(2,3)4)29-17(25)14-7-10-23(11-8-14)30(27,28)15-6-5-9-20-12-15/h5-6,9,12-14H,7-8,10-11H2,1-4H3,(H2,21,22,24,26). The number of hydrogen-bond acceptors (Lipinski definition) is 7. The van der Waals surface area contributed by atoms with E-state index in [1.54, 1.807) is 26.8 Å². The highest BCUT2D eigenvalue weighted by atomic mass is 32.2. The second-order valence-electron chi connectivity index (χ2n) is 8.14. The Kier molecular flexibility index (Phi) is 7.54. The smallest absolute Gasteiger partial charge is 0.321 e. The molecule has 0 spiro atoms. The summed E-state index contributed by atoms with van der Waals surface area (Å²) in [6, 6.07) is 2.34. The molecule has 0 aliphatic carbocycles. The summed E-state index contributed by atoms with van der Waals surface area (Å²) in [6.45, 7) is 6.99. The SMILES string of the molecule is CC(OC(=O)C1CCN(S(=O)(=O)c2cccnc2)CC1)C(=O)NC(=O)NC(C)(C)C. The molecule has 1 unspecified atom stereocenters. The van der Waals surface area contributed by atoms with Crippen molar-refractivity contribution in [3.8, 4) is 0 Å². The first-order valence-corrected chi connectivity index (χ1v) is 11.1. The van der Waals surface area contributed by atoms with E-state index in [9.17, 15) is 22.8 Å². The number of amides is 3. The molecule has 11 heteroatoms. The zero-order chi connectivity index (χ0) is 22.5. The summed E-state index contributed by atoms with van der Waals surface area (Å²) in [5.74, 6) is -1.85. The van der Waals surface area contributed by atoms with E-state index < -0.39 is 45.5 Å². The predicted octanol–water partition coefficient (Wildman–Crippen LogP) is 1.04. The minimum absolute atomic E-state index is 0.102. The van der Waals surface area contributed by atoms with Gasteiger partial charge in [-0.05, 0) is 52.7 Å². The number of carbonyl (C=O) groups is 3. The number of nitrogens with zero attached hydrogens (tertiary/aromatic N) is 2. The van der Waals surface area contributed by atoms with Gasteiger partial charge in [0.2, 0.25) is 10.0 Å². The molecule has 1 saturated heterocycles. The van der Waals surface area contributed by atoms with Gasteiger partial charge in [0, 0.05) is 31.0 Å². The van der Waals surface area contributed by atoms with Crippen molar-refractivity contribution in [1.29, 1.82) is 0 Å². The van der Waals surface area contributed by atoms with E-state index in [-0.39, 0.29) is 30.8 Å². The first-order valence-electron chi connectivity index (χ1n) is 9.64. The van der Waals surface area contributed by atoms with Crippen LogP contribution in [0.2, 0.25) is 0 Å². The van der Waals surface area contributed by atoms with Gasteiger partial charge in [-0.1, -0.05) is 0 Å². The van der Waals surface area contributed by atoms with Crippen LogP contribution in [-0.2, 0) is 24.3 Å². The van der Waals surface area contributed by atoms with Crippen LogP contribution in [0.5, 0.6) is 0 Å². The molecule has 1 aromatic heterocycles. The quantitative estimate of drug-likeness (QED) is 0.653. The summed E-state index contributed by atoms with van der Waals surface area (Å²) in [6.07, 6.45) is 2.17. The molecule has 30 heavy (non-hydrogen) atoms. The molecule has 0 aromatic carbocycles. The molecule has 2 rings (SSSR count). The summed E-state index contributed by atoms with van der Waals surface area (Å²) in [4.78, 5) is 40.1.